The van der Waals surface area contributed by atoms with Gasteiger partial charge >= 0.3 is 0 Å². The summed E-state index contributed by atoms with van der Waals surface area (Å²) in [5.74, 6) is 0.352. The second-order valence-electron chi connectivity index (χ2n) is 5.92. The fourth-order valence-electron chi connectivity index (χ4n) is 2.35. The molecule has 1 aromatic rings. The second kappa shape index (κ2) is 11.4. The average molecular weight is 460 g/mol. The molecule has 0 aromatic carbocycles. The summed E-state index contributed by atoms with van der Waals surface area (Å²) in [5, 5.41) is 4.68. The summed E-state index contributed by atoms with van der Waals surface area (Å²) in [4.78, 5) is 25.3. The minimum Gasteiger partial charge on any atom is -0.496 e. The summed E-state index contributed by atoms with van der Waals surface area (Å²) < 4.78 is 5.36. The monoisotopic (exact) mass is 459 g/mol. The molecule has 4 nitrogen and oxygen atoms in total. The van der Waals surface area contributed by atoms with Crippen molar-refractivity contribution in [3.8, 4) is 0 Å². The molecule has 0 spiro atoms. The van der Waals surface area contributed by atoms with E-state index in [-0.39, 0.29) is 16.5 Å². The molecule has 1 amide bonds. The van der Waals surface area contributed by atoms with E-state index < -0.39 is 0 Å². The number of hydrogen-bond donors (Lipinski definition) is 1. The third-order valence-electron chi connectivity index (χ3n) is 3.79. The number of allylic oxidation sites excluding steroid dienone is 10. The summed E-state index contributed by atoms with van der Waals surface area (Å²) in [6.45, 7) is 1.85. The first-order chi connectivity index (χ1) is 13.5. The van der Waals surface area contributed by atoms with E-state index in [1.165, 1.54) is 6.08 Å². The van der Waals surface area contributed by atoms with Crippen molar-refractivity contribution in [2.75, 3.05) is 7.11 Å². The van der Waals surface area contributed by atoms with Crippen LogP contribution < -0.4 is 5.32 Å². The molecule has 1 aromatic heterocycles. The molecule has 0 radical (unpaired) electrons. The SMILES string of the molecule is COC(/C=C/C(=O)C1=CC(Br)C=CC=C1)=C(C)/C=C/NC(=O)Cc1cccs1. The quantitative estimate of drug-likeness (QED) is 0.263. The number of amides is 1. The van der Waals surface area contributed by atoms with Gasteiger partial charge in [0.05, 0.1) is 18.4 Å². The van der Waals surface area contributed by atoms with Crippen LogP contribution in [0.4, 0.5) is 0 Å². The highest BCUT2D eigenvalue weighted by atomic mass is 79.9. The maximum Gasteiger partial charge on any atom is 0.229 e. The van der Waals surface area contributed by atoms with E-state index in [1.807, 2.05) is 48.7 Å². The Morgan fingerprint density at radius 3 is 2.82 bits per heavy atom. The summed E-state index contributed by atoms with van der Waals surface area (Å²) in [6, 6.07) is 3.85. The number of ketones is 1. The van der Waals surface area contributed by atoms with Crippen molar-refractivity contribution in [2.24, 2.45) is 0 Å². The van der Waals surface area contributed by atoms with Gasteiger partial charge in [-0.2, -0.15) is 0 Å². The van der Waals surface area contributed by atoms with Crippen molar-refractivity contribution in [2.45, 2.75) is 18.2 Å². The second-order valence-corrected chi connectivity index (χ2v) is 8.01. The van der Waals surface area contributed by atoms with Crippen LogP contribution in [-0.4, -0.2) is 23.6 Å². The number of methoxy groups -OCH3 is 1. The van der Waals surface area contributed by atoms with Crippen LogP contribution in [0.1, 0.15) is 11.8 Å². The highest BCUT2D eigenvalue weighted by molar-refractivity contribution is 9.09. The van der Waals surface area contributed by atoms with Gasteiger partial charge in [0.1, 0.15) is 5.76 Å². The van der Waals surface area contributed by atoms with E-state index in [2.05, 4.69) is 21.2 Å². The Morgan fingerprint density at radius 2 is 2.11 bits per heavy atom. The maximum atomic E-state index is 12.4. The topological polar surface area (TPSA) is 55.4 Å². The van der Waals surface area contributed by atoms with Crippen LogP contribution in [0.2, 0.25) is 0 Å². The lowest BCUT2D eigenvalue weighted by Crippen LogP contribution is -2.18. The molecule has 2 rings (SSSR count). The molecule has 6 heteroatoms. The zero-order valence-corrected chi connectivity index (χ0v) is 18.1. The van der Waals surface area contributed by atoms with Crippen molar-refractivity contribution in [1.29, 1.82) is 0 Å². The van der Waals surface area contributed by atoms with Crippen molar-refractivity contribution >= 4 is 39.0 Å². The van der Waals surface area contributed by atoms with Crippen molar-refractivity contribution in [1.82, 2.24) is 5.32 Å². The van der Waals surface area contributed by atoms with Crippen LogP contribution in [0.5, 0.6) is 0 Å². The third kappa shape index (κ3) is 7.29. The number of ether oxygens (including phenoxy) is 1. The van der Waals surface area contributed by atoms with Gasteiger partial charge in [-0.1, -0.05) is 52.4 Å². The van der Waals surface area contributed by atoms with Gasteiger partial charge in [-0.15, -0.1) is 11.3 Å². The van der Waals surface area contributed by atoms with Crippen LogP contribution in [0.25, 0.3) is 0 Å². The smallest absolute Gasteiger partial charge is 0.229 e. The van der Waals surface area contributed by atoms with E-state index in [0.717, 1.165) is 10.5 Å². The van der Waals surface area contributed by atoms with Gasteiger partial charge in [-0.3, -0.25) is 9.59 Å². The lowest BCUT2D eigenvalue weighted by atomic mass is 10.1. The van der Waals surface area contributed by atoms with Gasteiger partial charge in [-0.05, 0) is 42.2 Å². The summed E-state index contributed by atoms with van der Waals surface area (Å²) >= 11 is 5.02. The first-order valence-corrected chi connectivity index (χ1v) is 10.5. The first kappa shape index (κ1) is 21.9. The molecule has 146 valence electrons. The molecule has 1 heterocycles. The number of alkyl halides is 1. The Labute approximate surface area is 177 Å². The van der Waals surface area contributed by atoms with Crippen LogP contribution in [0, 0.1) is 0 Å². The van der Waals surface area contributed by atoms with Gasteiger partial charge in [0.25, 0.3) is 0 Å². The minimum absolute atomic E-state index is 0.0229. The number of thiophene rings is 1. The fourth-order valence-corrected chi connectivity index (χ4v) is 3.51. The van der Waals surface area contributed by atoms with Crippen LogP contribution in [0.15, 0.2) is 89.2 Å². The molecule has 0 bridgehead atoms. The summed E-state index contributed by atoms with van der Waals surface area (Å²) in [5.41, 5.74) is 1.39. The Kier molecular flexibility index (Phi) is 8.91. The standard InChI is InChI=1S/C22H22BrNO3S/c1-16(11-12-24-22(26)15-19-8-5-13-28-19)21(27-2)10-9-20(25)17-6-3-4-7-18(23)14-17/h3-14,18H,15H2,1-2H3,(H,24,26)/b10-9+,12-11+,21-16+. The number of nitrogens with one attached hydrogen (secondary N) is 1. The van der Waals surface area contributed by atoms with Crippen molar-refractivity contribution in [3.63, 3.8) is 0 Å². The van der Waals surface area contributed by atoms with Gasteiger partial charge in [-0.25, -0.2) is 0 Å². The zero-order valence-electron chi connectivity index (χ0n) is 15.7. The molecule has 0 saturated carbocycles. The zero-order chi connectivity index (χ0) is 20.4. The average Bonchev–Trinajstić information content (AvgIpc) is 3.07. The van der Waals surface area contributed by atoms with Gasteiger partial charge < -0.3 is 10.1 Å². The number of rotatable bonds is 8. The molecule has 1 unspecified atom stereocenters. The Hall–Kier alpha value is -2.44. The van der Waals surface area contributed by atoms with E-state index in [0.29, 0.717) is 17.8 Å². The Bertz CT molecular complexity index is 874. The van der Waals surface area contributed by atoms with Crippen molar-refractivity contribution in [3.05, 3.63) is 94.1 Å². The first-order valence-electron chi connectivity index (χ1n) is 8.66. The number of carbonyl (C=O) groups excluding carboxylic acids is 2. The molecule has 1 aliphatic carbocycles. The molecular formula is C22H22BrNO3S. The van der Waals surface area contributed by atoms with Crippen LogP contribution in [-0.2, 0) is 20.7 Å². The number of carbonyl (C=O) groups is 2. The van der Waals surface area contributed by atoms with Gasteiger partial charge in [0.2, 0.25) is 5.91 Å². The maximum absolute atomic E-state index is 12.4. The van der Waals surface area contributed by atoms with E-state index in [1.54, 1.807) is 42.9 Å². The molecule has 0 aliphatic heterocycles. The van der Waals surface area contributed by atoms with E-state index in [4.69, 9.17) is 4.74 Å². The largest absolute Gasteiger partial charge is 0.496 e. The molecule has 28 heavy (non-hydrogen) atoms. The fraction of sp³-hybridized carbons (Fsp3) is 0.182. The van der Waals surface area contributed by atoms with E-state index in [9.17, 15) is 9.59 Å². The molecular weight excluding hydrogens is 438 g/mol. The molecule has 1 aliphatic rings. The number of halogens is 1. The summed E-state index contributed by atoms with van der Waals surface area (Å²) in [6.07, 6.45) is 16.1. The third-order valence-corrected chi connectivity index (χ3v) is 5.24. The predicted octanol–water partition coefficient (Wildman–Crippen LogP) is 4.78. The summed E-state index contributed by atoms with van der Waals surface area (Å²) in [7, 11) is 1.54. The molecule has 0 saturated heterocycles. The Balaban J connectivity index is 1.97. The molecule has 1 atom stereocenters. The van der Waals surface area contributed by atoms with Crippen LogP contribution in [0.3, 0.4) is 0 Å². The molecule has 0 fully saturated rings. The highest BCUT2D eigenvalue weighted by Gasteiger charge is 2.07. The van der Waals surface area contributed by atoms with Gasteiger partial charge in [0, 0.05) is 16.7 Å². The highest BCUT2D eigenvalue weighted by Crippen LogP contribution is 2.15. The lowest BCUT2D eigenvalue weighted by molar-refractivity contribution is -0.119. The molecule has 1 N–H and O–H groups in total. The van der Waals surface area contributed by atoms with E-state index >= 15 is 0 Å². The normalized spacial score (nSPS) is 17.4. The Morgan fingerprint density at radius 1 is 1.29 bits per heavy atom. The number of hydrogen-bond acceptors (Lipinski definition) is 4. The van der Waals surface area contributed by atoms with Crippen molar-refractivity contribution < 1.29 is 14.3 Å². The predicted molar refractivity (Wildman–Crippen MR) is 118 cm³/mol. The van der Waals surface area contributed by atoms with Crippen LogP contribution >= 0.6 is 27.3 Å². The van der Waals surface area contributed by atoms with Gasteiger partial charge in [0.15, 0.2) is 5.78 Å². The minimum atomic E-state index is -0.111. The lowest BCUT2D eigenvalue weighted by Gasteiger charge is -2.04.